The lowest BCUT2D eigenvalue weighted by Gasteiger charge is -2.06. The van der Waals surface area contributed by atoms with Crippen molar-refractivity contribution in [2.45, 2.75) is 6.18 Å². The molecule has 0 fully saturated rings. The van der Waals surface area contributed by atoms with E-state index in [0.717, 1.165) is 27.7 Å². The molecule has 0 bridgehead atoms. The molecule has 3 aromatic rings. The summed E-state index contributed by atoms with van der Waals surface area (Å²) in [6.07, 6.45) is -0.944. The Hall–Kier alpha value is -1.92. The maximum absolute atomic E-state index is 12.7. The Balaban J connectivity index is 1.80. The number of alkyl halides is 3. The number of aromatic nitrogens is 1. The summed E-state index contributed by atoms with van der Waals surface area (Å²) in [5.74, 6) is 0. The zero-order chi connectivity index (χ0) is 15.6. The molecule has 3 rings (SSSR count). The van der Waals surface area contributed by atoms with Crippen LogP contribution in [0.2, 0.25) is 0 Å². The van der Waals surface area contributed by atoms with Gasteiger partial charge in [-0.15, -0.1) is 22.7 Å². The minimum atomic E-state index is -4.32. The molecule has 0 saturated carbocycles. The summed E-state index contributed by atoms with van der Waals surface area (Å²) >= 11 is 3.07. The van der Waals surface area contributed by atoms with Gasteiger partial charge >= 0.3 is 6.18 Å². The highest BCUT2D eigenvalue weighted by atomic mass is 32.1. The van der Waals surface area contributed by atoms with Gasteiger partial charge in [-0.3, -0.25) is 0 Å². The van der Waals surface area contributed by atoms with Crippen molar-refractivity contribution >= 4 is 34.8 Å². The van der Waals surface area contributed by atoms with Crippen molar-refractivity contribution in [3.63, 3.8) is 0 Å². The molecule has 0 aliphatic heterocycles. The van der Waals surface area contributed by atoms with Crippen LogP contribution in [0.4, 0.5) is 13.2 Å². The summed E-state index contributed by atoms with van der Waals surface area (Å²) in [6, 6.07) is 9.18. The predicted molar refractivity (Wildman–Crippen MR) is 85.8 cm³/mol. The Bertz CT molecular complexity index is 786. The van der Waals surface area contributed by atoms with E-state index in [0.29, 0.717) is 5.56 Å². The van der Waals surface area contributed by atoms with E-state index in [1.54, 1.807) is 29.6 Å². The molecule has 0 saturated heterocycles. The molecule has 1 aromatic carbocycles. The van der Waals surface area contributed by atoms with Gasteiger partial charge < -0.3 is 0 Å². The molecule has 0 N–H and O–H groups in total. The third kappa shape index (κ3) is 3.45. The molecule has 6 heteroatoms. The maximum Gasteiger partial charge on any atom is 0.416 e. The Morgan fingerprint density at radius 1 is 1.00 bits per heavy atom. The van der Waals surface area contributed by atoms with Gasteiger partial charge in [0.25, 0.3) is 0 Å². The standard InChI is InChI=1S/C16H10F3NS2/c17-16(18,19)12-4-1-3-11(9-12)6-7-15-20-13(10-22-15)14-5-2-8-21-14/h1-10H/b7-6+. The van der Waals surface area contributed by atoms with Crippen LogP contribution in [0.5, 0.6) is 0 Å². The van der Waals surface area contributed by atoms with Crippen LogP contribution in [0.25, 0.3) is 22.7 Å². The molecule has 2 heterocycles. The van der Waals surface area contributed by atoms with Crippen LogP contribution in [0.1, 0.15) is 16.1 Å². The first-order valence-electron chi connectivity index (χ1n) is 6.37. The van der Waals surface area contributed by atoms with Gasteiger partial charge in [0.05, 0.1) is 16.1 Å². The first-order chi connectivity index (χ1) is 10.5. The number of halogens is 3. The second-order valence-corrected chi connectivity index (χ2v) is 6.34. The topological polar surface area (TPSA) is 12.9 Å². The Morgan fingerprint density at radius 2 is 1.86 bits per heavy atom. The van der Waals surface area contributed by atoms with Crippen LogP contribution in [-0.2, 0) is 6.18 Å². The zero-order valence-electron chi connectivity index (χ0n) is 11.2. The summed E-state index contributed by atoms with van der Waals surface area (Å²) in [4.78, 5) is 5.54. The molecule has 0 radical (unpaired) electrons. The smallest absolute Gasteiger partial charge is 0.236 e. The Morgan fingerprint density at radius 3 is 2.59 bits per heavy atom. The fourth-order valence-electron chi connectivity index (χ4n) is 1.89. The molecule has 22 heavy (non-hydrogen) atoms. The molecule has 0 amide bonds. The number of hydrogen-bond donors (Lipinski definition) is 0. The molecule has 0 aliphatic carbocycles. The van der Waals surface area contributed by atoms with Crippen LogP contribution in [-0.4, -0.2) is 4.98 Å². The average molecular weight is 337 g/mol. The van der Waals surface area contributed by atoms with Crippen molar-refractivity contribution in [2.75, 3.05) is 0 Å². The molecule has 0 aliphatic rings. The zero-order valence-corrected chi connectivity index (χ0v) is 12.8. The number of hydrogen-bond acceptors (Lipinski definition) is 3. The van der Waals surface area contributed by atoms with Crippen LogP contribution in [0.3, 0.4) is 0 Å². The lowest BCUT2D eigenvalue weighted by atomic mass is 10.1. The summed E-state index contributed by atoms with van der Waals surface area (Å²) < 4.78 is 38.0. The minimum Gasteiger partial charge on any atom is -0.236 e. The van der Waals surface area contributed by atoms with E-state index in [1.165, 1.54) is 17.4 Å². The van der Waals surface area contributed by atoms with E-state index < -0.39 is 11.7 Å². The van der Waals surface area contributed by atoms with Gasteiger partial charge in [-0.1, -0.05) is 24.3 Å². The van der Waals surface area contributed by atoms with E-state index in [4.69, 9.17) is 0 Å². The minimum absolute atomic E-state index is 0.502. The number of benzene rings is 1. The monoisotopic (exact) mass is 337 g/mol. The van der Waals surface area contributed by atoms with Crippen LogP contribution >= 0.6 is 22.7 Å². The van der Waals surface area contributed by atoms with Crippen molar-refractivity contribution in [2.24, 2.45) is 0 Å². The summed E-state index contributed by atoms with van der Waals surface area (Å²) in [7, 11) is 0. The molecular formula is C16H10F3NS2. The van der Waals surface area contributed by atoms with Crippen molar-refractivity contribution < 1.29 is 13.2 Å². The predicted octanol–water partition coefficient (Wildman–Crippen LogP) is 6.06. The summed E-state index contributed by atoms with van der Waals surface area (Å²) in [5, 5.41) is 4.69. The van der Waals surface area contributed by atoms with E-state index in [1.807, 2.05) is 22.9 Å². The molecule has 2 aromatic heterocycles. The lowest BCUT2D eigenvalue weighted by molar-refractivity contribution is -0.137. The van der Waals surface area contributed by atoms with Crippen LogP contribution in [0, 0.1) is 0 Å². The normalized spacial score (nSPS) is 12.1. The van der Waals surface area contributed by atoms with E-state index in [2.05, 4.69) is 4.98 Å². The number of thiazole rings is 1. The Kier molecular flexibility index (Phi) is 4.13. The first kappa shape index (κ1) is 15.0. The number of thiophene rings is 1. The van der Waals surface area contributed by atoms with Gasteiger partial charge in [0.15, 0.2) is 0 Å². The molecule has 0 atom stereocenters. The summed E-state index contributed by atoms with van der Waals surface area (Å²) in [5.41, 5.74) is 0.749. The van der Waals surface area contributed by atoms with Gasteiger partial charge in [0.2, 0.25) is 0 Å². The second-order valence-electron chi connectivity index (χ2n) is 4.50. The van der Waals surface area contributed by atoms with Gasteiger partial charge in [0, 0.05) is 5.38 Å². The fraction of sp³-hybridized carbons (Fsp3) is 0.0625. The van der Waals surface area contributed by atoms with Crippen molar-refractivity contribution in [1.82, 2.24) is 4.98 Å². The average Bonchev–Trinajstić information content (AvgIpc) is 3.15. The summed E-state index contributed by atoms with van der Waals surface area (Å²) in [6.45, 7) is 0. The van der Waals surface area contributed by atoms with Crippen LogP contribution < -0.4 is 0 Å². The largest absolute Gasteiger partial charge is 0.416 e. The first-order valence-corrected chi connectivity index (χ1v) is 8.13. The van der Waals surface area contributed by atoms with E-state index in [-0.39, 0.29) is 0 Å². The second kappa shape index (κ2) is 6.06. The Labute approximate surface area is 133 Å². The highest BCUT2D eigenvalue weighted by Gasteiger charge is 2.30. The van der Waals surface area contributed by atoms with Gasteiger partial charge in [0.1, 0.15) is 5.01 Å². The maximum atomic E-state index is 12.7. The molecule has 0 unspecified atom stereocenters. The van der Waals surface area contributed by atoms with Crippen molar-refractivity contribution in [3.8, 4) is 10.6 Å². The third-order valence-corrected chi connectivity index (χ3v) is 4.63. The number of rotatable bonds is 3. The van der Waals surface area contributed by atoms with Gasteiger partial charge in [-0.2, -0.15) is 13.2 Å². The van der Waals surface area contributed by atoms with Gasteiger partial charge in [-0.25, -0.2) is 4.98 Å². The van der Waals surface area contributed by atoms with E-state index >= 15 is 0 Å². The molecular weight excluding hydrogens is 327 g/mol. The van der Waals surface area contributed by atoms with Crippen molar-refractivity contribution in [1.29, 1.82) is 0 Å². The molecule has 0 spiro atoms. The quantitative estimate of drug-likeness (QED) is 0.566. The highest BCUT2D eigenvalue weighted by Crippen LogP contribution is 2.30. The third-order valence-electron chi connectivity index (χ3n) is 2.93. The fourth-order valence-corrected chi connectivity index (χ4v) is 3.36. The van der Waals surface area contributed by atoms with Crippen molar-refractivity contribution in [3.05, 3.63) is 63.3 Å². The van der Waals surface area contributed by atoms with E-state index in [9.17, 15) is 13.2 Å². The molecule has 1 nitrogen and oxygen atoms in total. The number of nitrogens with zero attached hydrogens (tertiary/aromatic N) is 1. The van der Waals surface area contributed by atoms with Crippen LogP contribution in [0.15, 0.2) is 47.2 Å². The SMILES string of the molecule is FC(F)(F)c1cccc(/C=C/c2nc(-c3cccs3)cs2)c1. The highest BCUT2D eigenvalue weighted by molar-refractivity contribution is 7.14. The lowest BCUT2D eigenvalue weighted by Crippen LogP contribution is -2.04. The van der Waals surface area contributed by atoms with Gasteiger partial charge in [-0.05, 0) is 35.2 Å². The molecule has 112 valence electrons.